The molecule has 2 unspecified atom stereocenters. The van der Waals surface area contributed by atoms with Gasteiger partial charge >= 0.3 is 0 Å². The second-order valence-electron chi connectivity index (χ2n) is 5.85. The molecule has 1 rings (SSSR count). The topological polar surface area (TPSA) is 46.2 Å². The first-order valence-corrected chi connectivity index (χ1v) is 7.43. The van der Waals surface area contributed by atoms with E-state index in [0.29, 0.717) is 0 Å². The summed E-state index contributed by atoms with van der Waals surface area (Å²) < 4.78 is 0. The zero-order chi connectivity index (χ0) is 13.8. The summed E-state index contributed by atoms with van der Waals surface area (Å²) in [6, 6.07) is 8.36. The van der Waals surface area contributed by atoms with Gasteiger partial charge in [-0.2, -0.15) is 0 Å². The van der Waals surface area contributed by atoms with Crippen molar-refractivity contribution < 1.29 is 5.11 Å². The number of aliphatic hydroxyl groups excluding tert-OH is 1. The quantitative estimate of drug-likeness (QED) is 0.862. The molecule has 3 heteroatoms. The largest absolute Gasteiger partial charge is 0.395 e. The molecule has 1 aromatic rings. The van der Waals surface area contributed by atoms with E-state index in [4.69, 9.17) is 5.73 Å². The van der Waals surface area contributed by atoms with Crippen LogP contribution in [0, 0.1) is 12.3 Å². The fourth-order valence-corrected chi connectivity index (χ4v) is 3.23. The van der Waals surface area contributed by atoms with Crippen LogP contribution in [0.4, 0.5) is 0 Å². The molecule has 2 atom stereocenters. The monoisotopic (exact) mass is 267 g/mol. The lowest BCUT2D eigenvalue weighted by Gasteiger charge is -2.33. The molecule has 0 amide bonds. The number of nitrogens with two attached hydrogens (primary N) is 1. The molecule has 18 heavy (non-hydrogen) atoms. The molecule has 0 bridgehead atoms. The summed E-state index contributed by atoms with van der Waals surface area (Å²) in [6.45, 7) is 8.61. The predicted octanol–water partition coefficient (Wildman–Crippen LogP) is 2.96. The lowest BCUT2D eigenvalue weighted by molar-refractivity contribution is 0.233. The van der Waals surface area contributed by atoms with E-state index in [1.54, 1.807) is 11.8 Å². The molecule has 0 aliphatic rings. The van der Waals surface area contributed by atoms with Gasteiger partial charge in [0.2, 0.25) is 0 Å². The third kappa shape index (κ3) is 4.30. The second-order valence-corrected chi connectivity index (χ2v) is 7.08. The summed E-state index contributed by atoms with van der Waals surface area (Å²) in [7, 11) is 0. The second kappa shape index (κ2) is 6.60. The van der Waals surface area contributed by atoms with Crippen LogP contribution >= 0.6 is 11.8 Å². The maximum atomic E-state index is 9.51. The summed E-state index contributed by atoms with van der Waals surface area (Å²) in [5, 5.41) is 9.59. The van der Waals surface area contributed by atoms with E-state index in [-0.39, 0.29) is 23.3 Å². The van der Waals surface area contributed by atoms with Gasteiger partial charge in [0, 0.05) is 17.0 Å². The van der Waals surface area contributed by atoms with Crippen LogP contribution in [0.25, 0.3) is 0 Å². The van der Waals surface area contributed by atoms with Gasteiger partial charge in [0.1, 0.15) is 0 Å². The first-order valence-electron chi connectivity index (χ1n) is 6.39. The van der Waals surface area contributed by atoms with Gasteiger partial charge in [0.15, 0.2) is 0 Å². The Morgan fingerprint density at radius 1 is 1.28 bits per heavy atom. The molecule has 2 nitrogen and oxygen atoms in total. The molecule has 0 radical (unpaired) electrons. The van der Waals surface area contributed by atoms with Crippen molar-refractivity contribution in [3.8, 4) is 0 Å². The van der Waals surface area contributed by atoms with Gasteiger partial charge in [-0.3, -0.25) is 0 Å². The Kier molecular flexibility index (Phi) is 5.70. The maximum absolute atomic E-state index is 9.51. The van der Waals surface area contributed by atoms with E-state index in [1.807, 2.05) is 6.07 Å². The fraction of sp³-hybridized carbons (Fsp3) is 0.600. The van der Waals surface area contributed by atoms with E-state index in [9.17, 15) is 5.11 Å². The Balaban J connectivity index is 2.63. The van der Waals surface area contributed by atoms with Crippen LogP contribution in [0.1, 0.15) is 31.9 Å². The normalized spacial score (nSPS) is 15.4. The van der Waals surface area contributed by atoms with Gasteiger partial charge in [-0.15, -0.1) is 11.8 Å². The summed E-state index contributed by atoms with van der Waals surface area (Å²) in [4.78, 5) is 0. The molecular weight excluding hydrogens is 242 g/mol. The smallest absolute Gasteiger partial charge is 0.0565 e. The molecule has 0 spiro atoms. The average Bonchev–Trinajstić information content (AvgIpc) is 2.30. The molecule has 1 aromatic carbocycles. The molecule has 0 aromatic heterocycles. The van der Waals surface area contributed by atoms with Crippen LogP contribution in [0.3, 0.4) is 0 Å². The number of benzene rings is 1. The van der Waals surface area contributed by atoms with Gasteiger partial charge in [0.25, 0.3) is 0 Å². The number of aliphatic hydroxyl groups is 1. The van der Waals surface area contributed by atoms with Crippen LogP contribution < -0.4 is 5.73 Å². The molecule has 0 saturated heterocycles. The van der Waals surface area contributed by atoms with Crippen LogP contribution in [0.2, 0.25) is 0 Å². The van der Waals surface area contributed by atoms with E-state index >= 15 is 0 Å². The summed E-state index contributed by atoms with van der Waals surface area (Å²) in [5.74, 6) is 0.904. The third-order valence-electron chi connectivity index (χ3n) is 3.29. The first kappa shape index (κ1) is 15.5. The lowest BCUT2D eigenvalue weighted by atomic mass is 9.85. The van der Waals surface area contributed by atoms with Crippen LogP contribution in [-0.4, -0.2) is 23.0 Å². The van der Waals surface area contributed by atoms with Crippen LogP contribution in [0.15, 0.2) is 24.3 Å². The highest BCUT2D eigenvalue weighted by atomic mass is 32.2. The maximum Gasteiger partial charge on any atom is 0.0565 e. The SMILES string of the molecule is Cc1ccccc1CSC(CO)C(N)C(C)(C)C. The van der Waals surface area contributed by atoms with Crippen molar-refractivity contribution in [1.29, 1.82) is 0 Å². The van der Waals surface area contributed by atoms with Crippen molar-refractivity contribution in [2.75, 3.05) is 6.61 Å². The van der Waals surface area contributed by atoms with Gasteiger partial charge in [-0.25, -0.2) is 0 Å². The Morgan fingerprint density at radius 2 is 1.89 bits per heavy atom. The summed E-state index contributed by atoms with van der Waals surface area (Å²) >= 11 is 1.75. The third-order valence-corrected chi connectivity index (χ3v) is 4.64. The average molecular weight is 267 g/mol. The standard InChI is InChI=1S/C15H25NOS/c1-11-7-5-6-8-12(11)10-18-13(9-17)14(16)15(2,3)4/h5-8,13-14,17H,9-10,16H2,1-4H3. The van der Waals surface area contributed by atoms with Crippen LogP contribution in [0.5, 0.6) is 0 Å². The van der Waals surface area contributed by atoms with Gasteiger partial charge in [-0.05, 0) is 23.5 Å². The number of hydrogen-bond donors (Lipinski definition) is 2. The van der Waals surface area contributed by atoms with Gasteiger partial charge < -0.3 is 10.8 Å². The number of thioether (sulfide) groups is 1. The highest BCUT2D eigenvalue weighted by Gasteiger charge is 2.28. The van der Waals surface area contributed by atoms with E-state index in [1.165, 1.54) is 11.1 Å². The minimum Gasteiger partial charge on any atom is -0.395 e. The highest BCUT2D eigenvalue weighted by molar-refractivity contribution is 7.99. The van der Waals surface area contributed by atoms with E-state index in [0.717, 1.165) is 5.75 Å². The van der Waals surface area contributed by atoms with Crippen molar-refractivity contribution in [3.63, 3.8) is 0 Å². The van der Waals surface area contributed by atoms with Gasteiger partial charge in [0.05, 0.1) is 6.61 Å². The fourth-order valence-electron chi connectivity index (χ4n) is 1.80. The number of hydrogen-bond acceptors (Lipinski definition) is 3. The first-order chi connectivity index (χ1) is 8.36. The van der Waals surface area contributed by atoms with Gasteiger partial charge in [-0.1, -0.05) is 45.0 Å². The van der Waals surface area contributed by atoms with Crippen molar-refractivity contribution in [2.45, 2.75) is 44.7 Å². The molecule has 0 aliphatic heterocycles. The summed E-state index contributed by atoms with van der Waals surface area (Å²) in [5.41, 5.74) is 8.87. The Bertz CT molecular complexity index is 373. The summed E-state index contributed by atoms with van der Waals surface area (Å²) in [6.07, 6.45) is 0. The zero-order valence-electron chi connectivity index (χ0n) is 11.8. The molecule has 0 heterocycles. The van der Waals surface area contributed by atoms with Crippen molar-refractivity contribution in [1.82, 2.24) is 0 Å². The molecule has 0 fully saturated rings. The van der Waals surface area contributed by atoms with Crippen molar-refractivity contribution in [2.24, 2.45) is 11.1 Å². The minimum absolute atomic E-state index is 0.00322. The highest BCUT2D eigenvalue weighted by Crippen LogP contribution is 2.29. The Morgan fingerprint density at radius 3 is 2.39 bits per heavy atom. The molecule has 102 valence electrons. The Labute approximate surface area is 115 Å². The van der Waals surface area contributed by atoms with Crippen LogP contribution in [-0.2, 0) is 5.75 Å². The molecular formula is C15H25NOS. The minimum atomic E-state index is -0.00322. The van der Waals surface area contributed by atoms with E-state index < -0.39 is 0 Å². The molecule has 0 saturated carbocycles. The van der Waals surface area contributed by atoms with E-state index in [2.05, 4.69) is 45.9 Å². The zero-order valence-corrected chi connectivity index (χ0v) is 12.6. The van der Waals surface area contributed by atoms with Crippen molar-refractivity contribution >= 4 is 11.8 Å². The lowest BCUT2D eigenvalue weighted by Crippen LogP contribution is -2.45. The number of rotatable bonds is 5. The molecule has 3 N–H and O–H groups in total. The predicted molar refractivity (Wildman–Crippen MR) is 80.8 cm³/mol. The Hall–Kier alpha value is -0.510. The molecule has 0 aliphatic carbocycles. The van der Waals surface area contributed by atoms with Crippen molar-refractivity contribution in [3.05, 3.63) is 35.4 Å². The number of aryl methyl sites for hydroxylation is 1.